The van der Waals surface area contributed by atoms with Gasteiger partial charge in [-0.25, -0.2) is 0 Å². The lowest BCUT2D eigenvalue weighted by Crippen LogP contribution is -2.43. The van der Waals surface area contributed by atoms with Crippen molar-refractivity contribution < 1.29 is 14.3 Å². The molecule has 1 amide bonds. The number of ether oxygens (including phenoxy) is 2. The second kappa shape index (κ2) is 5.84. The van der Waals surface area contributed by atoms with Gasteiger partial charge in [0.2, 0.25) is 5.91 Å². The highest BCUT2D eigenvalue weighted by atomic mass is 16.5. The number of carbonyl (C=O) groups is 1. The highest BCUT2D eigenvalue weighted by Crippen LogP contribution is 2.30. The maximum Gasteiger partial charge on any atom is 0.230 e. The van der Waals surface area contributed by atoms with Crippen LogP contribution in [-0.2, 0) is 9.53 Å². The fourth-order valence-corrected chi connectivity index (χ4v) is 2.02. The van der Waals surface area contributed by atoms with Gasteiger partial charge in [-0.3, -0.25) is 4.79 Å². The zero-order valence-corrected chi connectivity index (χ0v) is 10.5. The van der Waals surface area contributed by atoms with Gasteiger partial charge in [-0.05, 0) is 12.1 Å². The van der Waals surface area contributed by atoms with Crippen molar-refractivity contribution in [3.05, 3.63) is 24.3 Å². The Balaban J connectivity index is 2.22. The van der Waals surface area contributed by atoms with Crippen LogP contribution < -0.4 is 15.4 Å². The zero-order valence-electron chi connectivity index (χ0n) is 10.5. The van der Waals surface area contributed by atoms with Crippen molar-refractivity contribution in [1.82, 2.24) is 0 Å². The molecule has 0 bridgehead atoms. The lowest BCUT2D eigenvalue weighted by Gasteiger charge is -2.24. The van der Waals surface area contributed by atoms with Crippen molar-refractivity contribution in [1.29, 1.82) is 0 Å². The van der Waals surface area contributed by atoms with Crippen LogP contribution in [0.2, 0.25) is 0 Å². The van der Waals surface area contributed by atoms with Crippen molar-refractivity contribution in [2.24, 2.45) is 5.73 Å². The van der Waals surface area contributed by atoms with E-state index >= 15 is 0 Å². The normalized spacial score (nSPS) is 16.8. The summed E-state index contributed by atoms with van der Waals surface area (Å²) in [7, 11) is 1.60. The first-order chi connectivity index (χ1) is 8.72. The molecule has 5 nitrogen and oxygen atoms in total. The fraction of sp³-hybridized carbons (Fsp3) is 0.462. The summed E-state index contributed by atoms with van der Waals surface area (Å²) in [4.78, 5) is 13.8. The average Bonchev–Trinajstić information content (AvgIpc) is 2.51. The maximum absolute atomic E-state index is 12.1. The summed E-state index contributed by atoms with van der Waals surface area (Å²) >= 11 is 0. The van der Waals surface area contributed by atoms with E-state index in [9.17, 15) is 4.79 Å². The number of methoxy groups -OCH3 is 1. The molecule has 1 atom stereocenters. The lowest BCUT2D eigenvalue weighted by molar-refractivity contribution is -0.118. The Hall–Kier alpha value is -1.59. The molecule has 1 aromatic rings. The van der Waals surface area contributed by atoms with Gasteiger partial charge in [-0.15, -0.1) is 0 Å². The summed E-state index contributed by atoms with van der Waals surface area (Å²) in [5.41, 5.74) is 6.71. The van der Waals surface area contributed by atoms with Crippen molar-refractivity contribution in [2.45, 2.75) is 12.5 Å². The molecule has 98 valence electrons. The predicted molar refractivity (Wildman–Crippen MR) is 68.8 cm³/mol. The van der Waals surface area contributed by atoms with E-state index in [0.717, 1.165) is 11.4 Å². The largest absolute Gasteiger partial charge is 0.491 e. The molecule has 0 saturated heterocycles. The first kappa shape index (κ1) is 12.9. The van der Waals surface area contributed by atoms with Gasteiger partial charge in [0, 0.05) is 19.7 Å². The number of amides is 1. The van der Waals surface area contributed by atoms with E-state index in [1.807, 2.05) is 24.3 Å². The lowest BCUT2D eigenvalue weighted by atomic mass is 10.2. The average molecular weight is 250 g/mol. The van der Waals surface area contributed by atoms with Crippen LogP contribution >= 0.6 is 0 Å². The second-order valence-corrected chi connectivity index (χ2v) is 4.29. The van der Waals surface area contributed by atoms with E-state index in [4.69, 9.17) is 15.2 Å². The van der Waals surface area contributed by atoms with Crippen molar-refractivity contribution in [3.8, 4) is 5.75 Å². The van der Waals surface area contributed by atoms with Crippen LogP contribution in [0.4, 0.5) is 5.69 Å². The SMILES string of the molecule is COCC(N)CN1C(=O)CCOc2ccccc21. The molecule has 1 aliphatic rings. The molecule has 1 aromatic carbocycles. The predicted octanol–water partition coefficient (Wildman–Crippen LogP) is 0.776. The fourth-order valence-electron chi connectivity index (χ4n) is 2.02. The molecule has 0 saturated carbocycles. The molecule has 0 aliphatic carbocycles. The summed E-state index contributed by atoms with van der Waals surface area (Å²) < 4.78 is 10.6. The molecular weight excluding hydrogens is 232 g/mol. The molecule has 2 N–H and O–H groups in total. The van der Waals surface area contributed by atoms with Gasteiger partial charge in [0.15, 0.2) is 0 Å². The molecular formula is C13H18N2O3. The van der Waals surface area contributed by atoms with E-state index < -0.39 is 0 Å². The Morgan fingerprint density at radius 3 is 3.06 bits per heavy atom. The summed E-state index contributed by atoms with van der Waals surface area (Å²) in [6.45, 7) is 1.27. The number of para-hydroxylation sites is 2. The minimum absolute atomic E-state index is 0.0338. The first-order valence-corrected chi connectivity index (χ1v) is 5.99. The standard InChI is InChI=1S/C13H18N2O3/c1-17-9-10(14)8-15-11-4-2-3-5-12(11)18-7-6-13(15)16/h2-5,10H,6-9,14H2,1H3. The van der Waals surface area contributed by atoms with Crippen LogP contribution in [0, 0.1) is 0 Å². The number of benzene rings is 1. The number of rotatable bonds is 4. The van der Waals surface area contributed by atoms with Crippen molar-refractivity contribution >= 4 is 11.6 Å². The Labute approximate surface area is 106 Å². The number of hydrogen-bond acceptors (Lipinski definition) is 4. The molecule has 0 spiro atoms. The topological polar surface area (TPSA) is 64.8 Å². The monoisotopic (exact) mass is 250 g/mol. The molecule has 5 heteroatoms. The van der Waals surface area contributed by atoms with Crippen molar-refractivity contribution in [2.75, 3.05) is 31.8 Å². The Morgan fingerprint density at radius 1 is 1.50 bits per heavy atom. The minimum Gasteiger partial charge on any atom is -0.491 e. The maximum atomic E-state index is 12.1. The van der Waals surface area contributed by atoms with Gasteiger partial charge < -0.3 is 20.1 Å². The van der Waals surface area contributed by atoms with Gasteiger partial charge in [-0.1, -0.05) is 12.1 Å². The smallest absolute Gasteiger partial charge is 0.230 e. The third-order valence-electron chi connectivity index (χ3n) is 2.83. The molecule has 2 rings (SSSR count). The third-order valence-corrected chi connectivity index (χ3v) is 2.83. The molecule has 1 heterocycles. The zero-order chi connectivity index (χ0) is 13.0. The molecule has 1 aliphatic heterocycles. The molecule has 0 aromatic heterocycles. The summed E-state index contributed by atoms with van der Waals surface area (Å²) in [5.74, 6) is 0.763. The Morgan fingerprint density at radius 2 is 2.28 bits per heavy atom. The van der Waals surface area contributed by atoms with Crippen LogP contribution in [0.1, 0.15) is 6.42 Å². The highest BCUT2D eigenvalue weighted by molar-refractivity contribution is 5.95. The third kappa shape index (κ3) is 2.80. The molecule has 0 fully saturated rings. The molecule has 1 unspecified atom stereocenters. The second-order valence-electron chi connectivity index (χ2n) is 4.29. The summed E-state index contributed by atoms with van der Waals surface area (Å²) in [5, 5.41) is 0. The number of carbonyl (C=O) groups excluding carboxylic acids is 1. The number of nitrogens with zero attached hydrogens (tertiary/aromatic N) is 1. The Kier molecular flexibility index (Phi) is 4.17. The van der Waals surface area contributed by atoms with Gasteiger partial charge in [0.05, 0.1) is 25.3 Å². The minimum atomic E-state index is -0.204. The van der Waals surface area contributed by atoms with Gasteiger partial charge in [-0.2, -0.15) is 0 Å². The molecule has 0 radical (unpaired) electrons. The van der Waals surface area contributed by atoms with Gasteiger partial charge in [0.1, 0.15) is 5.75 Å². The summed E-state index contributed by atoms with van der Waals surface area (Å²) in [6, 6.07) is 7.31. The van der Waals surface area contributed by atoms with E-state index in [-0.39, 0.29) is 11.9 Å². The van der Waals surface area contributed by atoms with Crippen molar-refractivity contribution in [3.63, 3.8) is 0 Å². The van der Waals surface area contributed by atoms with E-state index in [1.54, 1.807) is 12.0 Å². The van der Waals surface area contributed by atoms with E-state index in [1.165, 1.54) is 0 Å². The summed E-state index contributed by atoms with van der Waals surface area (Å²) in [6.07, 6.45) is 0.369. The van der Waals surface area contributed by atoms with Crippen LogP contribution in [0.5, 0.6) is 5.75 Å². The Bertz CT molecular complexity index is 422. The number of fused-ring (bicyclic) bond motifs is 1. The number of nitrogens with two attached hydrogens (primary N) is 1. The van der Waals surface area contributed by atoms with Crippen LogP contribution in [0.15, 0.2) is 24.3 Å². The van der Waals surface area contributed by atoms with Crippen LogP contribution in [0.3, 0.4) is 0 Å². The number of hydrogen-bond donors (Lipinski definition) is 1. The highest BCUT2D eigenvalue weighted by Gasteiger charge is 2.24. The van der Waals surface area contributed by atoms with Crippen LogP contribution in [-0.4, -0.2) is 38.8 Å². The first-order valence-electron chi connectivity index (χ1n) is 5.99. The quantitative estimate of drug-likeness (QED) is 0.857. The number of anilines is 1. The van der Waals surface area contributed by atoms with Gasteiger partial charge >= 0.3 is 0 Å². The van der Waals surface area contributed by atoms with E-state index in [2.05, 4.69) is 0 Å². The molecule has 18 heavy (non-hydrogen) atoms. The van der Waals surface area contributed by atoms with E-state index in [0.29, 0.717) is 26.2 Å². The van der Waals surface area contributed by atoms with Crippen LogP contribution in [0.25, 0.3) is 0 Å². The van der Waals surface area contributed by atoms with Gasteiger partial charge in [0.25, 0.3) is 0 Å².